The number of rotatable bonds is 13. The molecule has 6 N–H and O–H groups in total. The molecule has 0 saturated carbocycles. The molecule has 0 spiro atoms. The Morgan fingerprint density at radius 1 is 0.252 bits per heavy atom. The van der Waals surface area contributed by atoms with Crippen molar-refractivity contribution in [2.24, 2.45) is 0 Å². The van der Waals surface area contributed by atoms with Crippen molar-refractivity contribution < 1.29 is 0 Å². The van der Waals surface area contributed by atoms with E-state index in [1.54, 1.807) is 80.2 Å². The summed E-state index contributed by atoms with van der Waals surface area (Å²) in [6.07, 6.45) is 1.88. The second-order valence-electron chi connectivity index (χ2n) is 24.8. The maximum absolute atomic E-state index is 6.23. The van der Waals surface area contributed by atoms with Gasteiger partial charge in [0.1, 0.15) is 34.9 Å². The van der Waals surface area contributed by atoms with Crippen molar-refractivity contribution in [2.75, 3.05) is 0 Å². The van der Waals surface area contributed by atoms with Gasteiger partial charge in [-0.25, -0.2) is 29.9 Å². The van der Waals surface area contributed by atoms with Gasteiger partial charge in [0, 0.05) is 66.2 Å². The average molecular weight is 1660 g/mol. The molecule has 0 amide bonds. The number of thiophene rings is 6. The van der Waals surface area contributed by atoms with Crippen molar-refractivity contribution in [1.82, 2.24) is 59.8 Å². The number of aromatic nitrogens is 12. The molecule has 0 aliphatic carbocycles. The molecular weight excluding hydrogens is 1590 g/mol. The summed E-state index contributed by atoms with van der Waals surface area (Å²) in [4.78, 5) is 54.8. The molecule has 0 fully saturated rings. The summed E-state index contributed by atoms with van der Waals surface area (Å²) in [5.74, 6) is 5.49. The molecule has 111 heavy (non-hydrogen) atoms. The van der Waals surface area contributed by atoms with Crippen LogP contribution in [0, 0.1) is 27.7 Å². The van der Waals surface area contributed by atoms with E-state index in [0.717, 1.165) is 161 Å². The zero-order chi connectivity index (χ0) is 76.6. The van der Waals surface area contributed by atoms with E-state index >= 15 is 0 Å². The lowest BCUT2D eigenvalue weighted by atomic mass is 10.1. The number of benzene rings is 7. The number of nitrogens with one attached hydrogen (secondary N) is 6. The first-order valence-electron chi connectivity index (χ1n) is 34.8. The summed E-state index contributed by atoms with van der Waals surface area (Å²) >= 11 is 40.1. The maximum Gasteiger partial charge on any atom is 0.148 e. The molecule has 23 heteroatoms. The molecule has 0 aliphatic heterocycles. The number of aryl methyl sites for hydroxylation is 4. The van der Waals surface area contributed by atoms with Gasteiger partial charge in [-0.05, 0) is 144 Å². The molecule has 19 rings (SSSR count). The van der Waals surface area contributed by atoms with Crippen molar-refractivity contribution >= 4 is 126 Å². The van der Waals surface area contributed by atoms with E-state index in [4.69, 9.17) is 63.0 Å². The van der Waals surface area contributed by atoms with Crippen LogP contribution in [-0.4, -0.2) is 59.8 Å². The fraction of sp³-hybridized carbons (Fsp3) is 0.0455. The molecule has 0 radical (unpaired) electrons. The number of nitrogens with zero attached hydrogens (tertiary/aromatic N) is 6. The van der Waals surface area contributed by atoms with Gasteiger partial charge in [-0.15, -0.1) is 68.0 Å². The van der Waals surface area contributed by atoms with Gasteiger partial charge in [-0.1, -0.05) is 234 Å². The third kappa shape index (κ3) is 19.4. The zero-order valence-electron chi connectivity index (χ0n) is 59.8. The van der Waals surface area contributed by atoms with Crippen LogP contribution in [0.25, 0.3) is 143 Å². The SMILES string of the molecule is Cc1[nH]c(-c2cccs2)nc1-c1ccc(Cl)c(Cl)c1.Cc1[nH]c(-c2cccs2)nc1-c1ccc(Cl)cc1.Cc1[nH]c(-c2cccs2)nc1-c1ccc(Cl)cc1Cl.Cc1[nH]c(-c2cccs2)nc1-c1ccccc1.c1ccc(-c2cnc(-c3cccs3)[nH]2)cc1.c1ccc(-c2nc(-c3cccs3)[nH]c2-c2ccccc2)cc1. The van der Waals surface area contributed by atoms with Crippen LogP contribution in [0.1, 0.15) is 22.8 Å². The minimum absolute atomic E-state index is 0.541. The van der Waals surface area contributed by atoms with Gasteiger partial charge < -0.3 is 29.9 Å². The number of aromatic amines is 6. The fourth-order valence-electron chi connectivity index (χ4n) is 11.7. The van der Waals surface area contributed by atoms with Crippen LogP contribution in [0.15, 0.2) is 293 Å². The van der Waals surface area contributed by atoms with Crippen molar-refractivity contribution in [1.29, 1.82) is 0 Å². The van der Waals surface area contributed by atoms with E-state index in [2.05, 4.69) is 168 Å². The zero-order valence-corrected chi connectivity index (χ0v) is 68.5. The first-order chi connectivity index (χ1) is 54.2. The van der Waals surface area contributed by atoms with Gasteiger partial charge in [0.2, 0.25) is 0 Å². The standard InChI is InChI=1S/C19H14N2S.2C14H10Cl2N2S.C14H11ClN2S.C14H12N2S.C13H10N2S/c1-3-8-14(9-4-1)17-18(15-10-5-2-6-11-15)21-19(20-17)16-12-7-13-22-16;1-8-13(10-5-4-9(15)7-11(10)16)18-14(17-8)12-3-2-6-19-12;1-8-13(9-4-5-10(15)11(16)7-9)18-14(17-8)12-3-2-6-19-12;1-9-13(10-4-6-11(15)7-5-10)17-14(16-9)12-3-2-8-18-12;1-10-13(11-6-3-2-4-7-11)16-14(15-10)12-8-5-9-17-12;1-2-5-10(6-3-1)11-9-14-13(15-11)12-7-4-8-16-12/h1-13H,(H,20,21);2*2-7H,1H3,(H,17,18);2-8H,1H3,(H,16,17);2-9H,1H3,(H,15,16);1-9H,(H,14,15). The maximum atomic E-state index is 6.23. The van der Waals surface area contributed by atoms with Gasteiger partial charge in [0.15, 0.2) is 0 Å². The molecule has 0 bridgehead atoms. The van der Waals surface area contributed by atoms with E-state index in [0.29, 0.717) is 20.1 Å². The summed E-state index contributed by atoms with van der Waals surface area (Å²) in [5, 5.41) is 15.4. The monoisotopic (exact) mass is 1660 g/mol. The van der Waals surface area contributed by atoms with Gasteiger partial charge in [-0.3, -0.25) is 0 Å². The molecule has 19 aromatic rings. The summed E-state index contributed by atoms with van der Waals surface area (Å²) in [5.41, 5.74) is 18.6. The Bertz CT molecular complexity index is 6000. The van der Waals surface area contributed by atoms with Gasteiger partial charge in [0.05, 0.1) is 90.4 Å². The van der Waals surface area contributed by atoms with Crippen LogP contribution >= 0.6 is 126 Å². The third-order valence-corrected chi connectivity index (χ3v) is 23.9. The van der Waals surface area contributed by atoms with E-state index < -0.39 is 0 Å². The lowest BCUT2D eigenvalue weighted by Crippen LogP contribution is -1.83. The van der Waals surface area contributed by atoms with E-state index in [1.165, 1.54) is 9.75 Å². The van der Waals surface area contributed by atoms with Gasteiger partial charge >= 0.3 is 0 Å². The Kier molecular flexibility index (Phi) is 25.7. The van der Waals surface area contributed by atoms with E-state index in [9.17, 15) is 0 Å². The van der Waals surface area contributed by atoms with Crippen LogP contribution in [0.4, 0.5) is 0 Å². The second-order valence-corrected chi connectivity index (χ2v) is 32.6. The molecule has 550 valence electrons. The Morgan fingerprint density at radius 2 is 0.595 bits per heavy atom. The molecule has 0 unspecified atom stereocenters. The smallest absolute Gasteiger partial charge is 0.148 e. The molecule has 12 heterocycles. The fourth-order valence-corrected chi connectivity index (χ4v) is 16.7. The highest BCUT2D eigenvalue weighted by molar-refractivity contribution is 7.15. The highest BCUT2D eigenvalue weighted by Gasteiger charge is 2.19. The number of hydrogen-bond donors (Lipinski definition) is 6. The van der Waals surface area contributed by atoms with Crippen LogP contribution < -0.4 is 0 Å². The Balaban J connectivity index is 0.000000111. The first kappa shape index (κ1) is 77.2. The molecule has 7 aromatic carbocycles. The second kappa shape index (κ2) is 37.0. The largest absolute Gasteiger partial charge is 0.341 e. The highest BCUT2D eigenvalue weighted by atomic mass is 35.5. The molecule has 12 nitrogen and oxygen atoms in total. The van der Waals surface area contributed by atoms with Gasteiger partial charge in [0.25, 0.3) is 0 Å². The predicted molar refractivity (Wildman–Crippen MR) is 473 cm³/mol. The quantitative estimate of drug-likeness (QED) is 0.0671. The summed E-state index contributed by atoms with van der Waals surface area (Å²) < 4.78 is 0. The van der Waals surface area contributed by atoms with Crippen LogP contribution in [0.2, 0.25) is 25.1 Å². The Morgan fingerprint density at radius 3 is 1.01 bits per heavy atom. The number of H-pyrrole nitrogens is 6. The van der Waals surface area contributed by atoms with E-state index in [-0.39, 0.29) is 0 Å². The first-order valence-corrected chi connectivity index (χ1v) is 41.9. The third-order valence-electron chi connectivity index (χ3n) is 17.1. The minimum atomic E-state index is 0.541. The molecular formula is C88H67Cl5N12S6. The van der Waals surface area contributed by atoms with Gasteiger partial charge in [-0.2, -0.15) is 0 Å². The van der Waals surface area contributed by atoms with Crippen molar-refractivity contribution in [3.05, 3.63) is 341 Å². The molecule has 0 aliphatic rings. The topological polar surface area (TPSA) is 172 Å². The van der Waals surface area contributed by atoms with Crippen LogP contribution in [0.5, 0.6) is 0 Å². The lowest BCUT2D eigenvalue weighted by Gasteiger charge is -2.02. The average Bonchev–Trinajstić information content (AvgIpc) is 1.69. The minimum Gasteiger partial charge on any atom is -0.341 e. The number of imidazole rings is 6. The predicted octanol–water partition coefficient (Wildman–Crippen LogP) is 29.0. The van der Waals surface area contributed by atoms with Crippen molar-refractivity contribution in [3.8, 4) is 143 Å². The summed E-state index contributed by atoms with van der Waals surface area (Å²) in [7, 11) is 0. The van der Waals surface area contributed by atoms with E-state index in [1.807, 2.05) is 195 Å². The van der Waals surface area contributed by atoms with Crippen molar-refractivity contribution in [3.63, 3.8) is 0 Å². The summed E-state index contributed by atoms with van der Waals surface area (Å²) in [6.45, 7) is 8.09. The normalized spacial score (nSPS) is 10.7. The van der Waals surface area contributed by atoms with Crippen LogP contribution in [-0.2, 0) is 0 Å². The number of halogens is 5. The van der Waals surface area contributed by atoms with Crippen LogP contribution in [0.3, 0.4) is 0 Å². The molecule has 12 aromatic heterocycles. The summed E-state index contributed by atoms with van der Waals surface area (Å²) in [6, 6.07) is 84.5. The number of hydrogen-bond acceptors (Lipinski definition) is 12. The molecule has 0 atom stereocenters. The lowest BCUT2D eigenvalue weighted by molar-refractivity contribution is 1.26. The molecule has 0 saturated heterocycles. The van der Waals surface area contributed by atoms with Crippen molar-refractivity contribution in [2.45, 2.75) is 27.7 Å². The Labute approximate surface area is 691 Å². The highest BCUT2D eigenvalue weighted by Crippen LogP contribution is 2.38. The Hall–Kier alpha value is -10.6.